The van der Waals surface area contributed by atoms with E-state index in [4.69, 9.17) is 11.6 Å². The van der Waals surface area contributed by atoms with Gasteiger partial charge >= 0.3 is 0 Å². The van der Waals surface area contributed by atoms with Gasteiger partial charge in [-0.1, -0.05) is 11.6 Å². The average molecular weight is 351 g/mol. The highest BCUT2D eigenvalue weighted by molar-refractivity contribution is 7.16. The van der Waals surface area contributed by atoms with Gasteiger partial charge in [0.1, 0.15) is 0 Å². The van der Waals surface area contributed by atoms with E-state index in [0.717, 1.165) is 10.9 Å². The Hall–Kier alpha value is -1.69. The first-order chi connectivity index (χ1) is 10.9. The van der Waals surface area contributed by atoms with E-state index >= 15 is 0 Å². The van der Waals surface area contributed by atoms with Crippen molar-refractivity contribution < 1.29 is 9.59 Å². The molecule has 0 saturated heterocycles. The maximum atomic E-state index is 12.0. The van der Waals surface area contributed by atoms with Crippen molar-refractivity contribution in [2.75, 3.05) is 18.9 Å². The number of thiophene rings is 1. The molecule has 122 valence electrons. The average Bonchev–Trinajstić information content (AvgIpc) is 2.91. The van der Waals surface area contributed by atoms with Crippen LogP contribution in [0.1, 0.15) is 28.6 Å². The molecule has 1 heterocycles. The van der Waals surface area contributed by atoms with E-state index in [1.807, 2.05) is 19.2 Å². The quantitative estimate of drug-likeness (QED) is 0.766. The number of anilines is 1. The molecule has 2 aromatic rings. The van der Waals surface area contributed by atoms with Gasteiger partial charge in [0.05, 0.1) is 4.34 Å². The highest BCUT2D eigenvalue weighted by Crippen LogP contribution is 2.22. The molecule has 1 amide bonds. The smallest absolute Gasteiger partial charge is 0.225 e. The number of carbonyl (C=O) groups excluding carboxylic acids is 2. The fraction of sp³-hybridized carbons (Fsp3) is 0.294. The van der Waals surface area contributed by atoms with E-state index in [9.17, 15) is 9.59 Å². The topological polar surface area (TPSA) is 49.4 Å². The molecular weight excluding hydrogens is 332 g/mol. The van der Waals surface area contributed by atoms with Gasteiger partial charge in [0, 0.05) is 35.6 Å². The fourth-order valence-corrected chi connectivity index (χ4v) is 3.25. The maximum Gasteiger partial charge on any atom is 0.225 e. The number of rotatable bonds is 7. The van der Waals surface area contributed by atoms with E-state index in [1.165, 1.54) is 11.8 Å². The van der Waals surface area contributed by atoms with E-state index in [1.54, 1.807) is 35.6 Å². The highest BCUT2D eigenvalue weighted by atomic mass is 35.5. The first-order valence-corrected chi connectivity index (χ1v) is 8.47. The van der Waals surface area contributed by atoms with Crippen LogP contribution < -0.4 is 5.32 Å². The number of nitrogens with zero attached hydrogens (tertiary/aromatic N) is 1. The van der Waals surface area contributed by atoms with Crippen LogP contribution in [-0.2, 0) is 11.3 Å². The molecule has 2 rings (SSSR count). The minimum absolute atomic E-state index is 0.0122. The Morgan fingerprint density at radius 3 is 2.43 bits per heavy atom. The Morgan fingerprint density at radius 1 is 1.17 bits per heavy atom. The summed E-state index contributed by atoms with van der Waals surface area (Å²) in [7, 11) is 1.97. The Kier molecular flexibility index (Phi) is 6.33. The third-order valence-corrected chi connectivity index (χ3v) is 4.57. The molecule has 0 radical (unpaired) electrons. The van der Waals surface area contributed by atoms with Crippen LogP contribution in [0, 0.1) is 0 Å². The van der Waals surface area contributed by atoms with Gasteiger partial charge in [-0.15, -0.1) is 11.3 Å². The molecule has 1 N–H and O–H groups in total. The van der Waals surface area contributed by atoms with Crippen LogP contribution in [0.4, 0.5) is 5.69 Å². The Balaban J connectivity index is 1.77. The number of Topliss-reactive ketones (excluding diaryl/α,β-unsaturated/α-hetero) is 1. The van der Waals surface area contributed by atoms with Crippen molar-refractivity contribution in [2.45, 2.75) is 19.9 Å². The number of amides is 1. The normalized spacial score (nSPS) is 10.8. The number of hydrogen-bond donors (Lipinski definition) is 1. The van der Waals surface area contributed by atoms with Crippen LogP contribution in [0.15, 0.2) is 36.4 Å². The molecule has 1 aromatic heterocycles. The molecule has 1 aromatic carbocycles. The van der Waals surface area contributed by atoms with Gasteiger partial charge in [0.25, 0.3) is 0 Å². The molecule has 0 aliphatic rings. The number of benzene rings is 1. The minimum atomic E-state index is -0.0448. The first-order valence-electron chi connectivity index (χ1n) is 7.27. The Labute approximate surface area is 145 Å². The fourth-order valence-electron chi connectivity index (χ4n) is 2.09. The van der Waals surface area contributed by atoms with E-state index in [-0.39, 0.29) is 11.7 Å². The van der Waals surface area contributed by atoms with Crippen molar-refractivity contribution in [1.29, 1.82) is 0 Å². The van der Waals surface area contributed by atoms with Gasteiger partial charge in [0.15, 0.2) is 5.78 Å². The summed E-state index contributed by atoms with van der Waals surface area (Å²) in [5, 5.41) is 2.84. The van der Waals surface area contributed by atoms with Crippen molar-refractivity contribution >= 4 is 40.3 Å². The van der Waals surface area contributed by atoms with Gasteiger partial charge in [-0.3, -0.25) is 9.59 Å². The van der Waals surface area contributed by atoms with Gasteiger partial charge in [-0.2, -0.15) is 0 Å². The van der Waals surface area contributed by atoms with Crippen LogP contribution in [0.25, 0.3) is 0 Å². The van der Waals surface area contributed by atoms with Gasteiger partial charge in [0.2, 0.25) is 5.91 Å². The monoisotopic (exact) mass is 350 g/mol. The summed E-state index contributed by atoms with van der Waals surface area (Å²) in [6.45, 7) is 2.95. The molecule has 0 aliphatic heterocycles. The molecule has 0 fully saturated rings. The van der Waals surface area contributed by atoms with Crippen molar-refractivity contribution in [3.05, 3.63) is 51.2 Å². The molecule has 4 nitrogen and oxygen atoms in total. The highest BCUT2D eigenvalue weighted by Gasteiger charge is 2.07. The summed E-state index contributed by atoms with van der Waals surface area (Å²) in [4.78, 5) is 26.4. The Morgan fingerprint density at radius 2 is 1.87 bits per heavy atom. The zero-order valence-corrected chi connectivity index (χ0v) is 14.7. The number of carbonyl (C=O) groups is 2. The SMILES string of the molecule is CC(=O)c1ccc(NC(=O)CCN(C)Cc2ccc(Cl)s2)cc1. The van der Waals surface area contributed by atoms with E-state index < -0.39 is 0 Å². The molecule has 0 saturated carbocycles. The molecular formula is C17H19ClN2O2S. The lowest BCUT2D eigenvalue weighted by Crippen LogP contribution is -2.23. The Bertz CT molecular complexity index is 682. The standard InChI is InChI=1S/C17H19ClN2O2S/c1-12(21)13-3-5-14(6-4-13)19-17(22)9-10-20(2)11-15-7-8-16(18)23-15/h3-8H,9-11H2,1-2H3,(H,19,22). The predicted octanol–water partition coefficient (Wildman–Crippen LogP) is 4.06. The summed E-state index contributed by atoms with van der Waals surface area (Å²) in [6.07, 6.45) is 0.407. The van der Waals surface area contributed by atoms with Gasteiger partial charge in [-0.05, 0) is 50.4 Å². The van der Waals surface area contributed by atoms with Gasteiger partial charge in [-0.25, -0.2) is 0 Å². The van der Waals surface area contributed by atoms with Crippen LogP contribution >= 0.6 is 22.9 Å². The predicted molar refractivity (Wildman–Crippen MR) is 95.4 cm³/mol. The van der Waals surface area contributed by atoms with E-state index in [2.05, 4.69) is 10.2 Å². The lowest BCUT2D eigenvalue weighted by atomic mass is 10.1. The number of halogens is 1. The first kappa shape index (κ1) is 17.7. The van der Waals surface area contributed by atoms with Gasteiger partial charge < -0.3 is 10.2 Å². The van der Waals surface area contributed by atoms with Crippen molar-refractivity contribution in [2.24, 2.45) is 0 Å². The lowest BCUT2D eigenvalue weighted by Gasteiger charge is -2.15. The molecule has 0 atom stereocenters. The molecule has 0 aliphatic carbocycles. The molecule has 23 heavy (non-hydrogen) atoms. The lowest BCUT2D eigenvalue weighted by molar-refractivity contribution is -0.116. The zero-order chi connectivity index (χ0) is 16.8. The summed E-state index contributed by atoms with van der Waals surface area (Å²) >= 11 is 7.46. The van der Waals surface area contributed by atoms with E-state index in [0.29, 0.717) is 24.2 Å². The van der Waals surface area contributed by atoms with Crippen LogP contribution in [0.3, 0.4) is 0 Å². The maximum absolute atomic E-state index is 12.0. The van der Waals surface area contributed by atoms with Crippen molar-refractivity contribution in [1.82, 2.24) is 4.90 Å². The van der Waals surface area contributed by atoms with Crippen molar-refractivity contribution in [3.8, 4) is 0 Å². The van der Waals surface area contributed by atoms with Crippen molar-refractivity contribution in [3.63, 3.8) is 0 Å². The molecule has 0 unspecified atom stereocenters. The third-order valence-electron chi connectivity index (χ3n) is 3.35. The summed E-state index contributed by atoms with van der Waals surface area (Å²) in [5.41, 5.74) is 1.34. The second-order valence-electron chi connectivity index (χ2n) is 5.38. The van der Waals surface area contributed by atoms with Crippen LogP contribution in [0.2, 0.25) is 4.34 Å². The second-order valence-corrected chi connectivity index (χ2v) is 7.17. The largest absolute Gasteiger partial charge is 0.326 e. The summed E-state index contributed by atoms with van der Waals surface area (Å²) in [5.74, 6) is -0.0326. The number of hydrogen-bond acceptors (Lipinski definition) is 4. The molecule has 6 heteroatoms. The number of ketones is 1. The molecule has 0 spiro atoms. The van der Waals surface area contributed by atoms with Crippen LogP contribution in [-0.4, -0.2) is 30.2 Å². The minimum Gasteiger partial charge on any atom is -0.326 e. The summed E-state index contributed by atoms with van der Waals surface area (Å²) in [6, 6.07) is 10.8. The van der Waals surface area contributed by atoms with Crippen LogP contribution in [0.5, 0.6) is 0 Å². The summed E-state index contributed by atoms with van der Waals surface area (Å²) < 4.78 is 0.778. The molecule has 0 bridgehead atoms. The second kappa shape index (κ2) is 8.24. The number of nitrogens with one attached hydrogen (secondary N) is 1. The third kappa shape index (κ3) is 5.78. The zero-order valence-electron chi connectivity index (χ0n) is 13.1.